The summed E-state index contributed by atoms with van der Waals surface area (Å²) in [5.41, 5.74) is 0.860. The van der Waals surface area contributed by atoms with E-state index in [1.54, 1.807) is 19.1 Å². The molecular weight excluding hydrogens is 298 g/mol. The lowest BCUT2D eigenvalue weighted by atomic mass is 9.99. The number of halogens is 2. The first-order valence-corrected chi connectivity index (χ1v) is 7.66. The second kappa shape index (κ2) is 7.86. The molecule has 2 aromatic rings. The Balaban J connectivity index is 1.78. The number of carbonyl (C=O) groups excluding carboxylic acids is 1. The van der Waals surface area contributed by atoms with E-state index in [0.717, 1.165) is 11.3 Å². The van der Waals surface area contributed by atoms with E-state index in [9.17, 15) is 13.6 Å². The fourth-order valence-corrected chi connectivity index (χ4v) is 2.27. The zero-order valence-electron chi connectivity index (χ0n) is 13.1. The SMILES string of the molecule is Cc1cccc(C(=O)C(F)(F)CCCCOc2ccccc2)c1. The molecule has 4 heteroatoms. The lowest BCUT2D eigenvalue weighted by Crippen LogP contribution is -2.28. The van der Waals surface area contributed by atoms with Crippen LogP contribution in [0.2, 0.25) is 0 Å². The molecule has 0 spiro atoms. The first kappa shape index (κ1) is 17.1. The van der Waals surface area contributed by atoms with Crippen molar-refractivity contribution in [2.45, 2.75) is 32.1 Å². The third-order valence-electron chi connectivity index (χ3n) is 3.51. The number of rotatable bonds is 8. The summed E-state index contributed by atoms with van der Waals surface area (Å²) in [6.45, 7) is 2.13. The Morgan fingerprint density at radius 1 is 1.04 bits per heavy atom. The summed E-state index contributed by atoms with van der Waals surface area (Å²) in [7, 11) is 0. The monoisotopic (exact) mass is 318 g/mol. The molecule has 2 aromatic carbocycles. The summed E-state index contributed by atoms with van der Waals surface area (Å²) >= 11 is 0. The highest BCUT2D eigenvalue weighted by Crippen LogP contribution is 2.26. The van der Waals surface area contributed by atoms with E-state index in [1.165, 1.54) is 12.1 Å². The van der Waals surface area contributed by atoms with Crippen LogP contribution in [0.3, 0.4) is 0 Å². The molecule has 0 fully saturated rings. The number of ether oxygens (including phenoxy) is 1. The van der Waals surface area contributed by atoms with Crippen LogP contribution in [-0.4, -0.2) is 18.3 Å². The predicted molar refractivity (Wildman–Crippen MR) is 86.2 cm³/mol. The van der Waals surface area contributed by atoms with Crippen LogP contribution in [0.1, 0.15) is 35.2 Å². The Morgan fingerprint density at radius 2 is 1.78 bits per heavy atom. The van der Waals surface area contributed by atoms with Crippen molar-refractivity contribution in [2.75, 3.05) is 6.61 Å². The van der Waals surface area contributed by atoms with Gasteiger partial charge in [0.1, 0.15) is 5.75 Å². The molecule has 0 saturated carbocycles. The molecule has 0 N–H and O–H groups in total. The molecule has 0 aliphatic heterocycles. The zero-order chi connectivity index (χ0) is 16.7. The average molecular weight is 318 g/mol. The van der Waals surface area contributed by atoms with Crippen molar-refractivity contribution < 1.29 is 18.3 Å². The van der Waals surface area contributed by atoms with Gasteiger partial charge in [0.15, 0.2) is 0 Å². The number of alkyl halides is 2. The molecule has 122 valence electrons. The number of hydrogen-bond acceptors (Lipinski definition) is 2. The number of ketones is 1. The summed E-state index contributed by atoms with van der Waals surface area (Å²) in [6, 6.07) is 15.5. The third kappa shape index (κ3) is 5.16. The first-order valence-electron chi connectivity index (χ1n) is 7.66. The molecule has 0 amide bonds. The Kier molecular flexibility index (Phi) is 5.85. The minimum atomic E-state index is -3.33. The molecule has 0 aliphatic rings. The van der Waals surface area contributed by atoms with Gasteiger partial charge in [-0.05, 0) is 38.0 Å². The van der Waals surface area contributed by atoms with Gasteiger partial charge in [0.05, 0.1) is 6.61 Å². The summed E-state index contributed by atoms with van der Waals surface area (Å²) < 4.78 is 33.4. The van der Waals surface area contributed by atoms with Crippen molar-refractivity contribution >= 4 is 5.78 Å². The van der Waals surface area contributed by atoms with E-state index in [-0.39, 0.29) is 12.0 Å². The number of aryl methyl sites for hydroxylation is 1. The van der Waals surface area contributed by atoms with Gasteiger partial charge in [-0.3, -0.25) is 4.79 Å². The lowest BCUT2D eigenvalue weighted by molar-refractivity contribution is 0.00298. The van der Waals surface area contributed by atoms with Crippen LogP contribution in [-0.2, 0) is 0 Å². The highest BCUT2D eigenvalue weighted by molar-refractivity contribution is 6.01. The predicted octanol–water partition coefficient (Wildman–Crippen LogP) is 5.06. The van der Waals surface area contributed by atoms with Crippen molar-refractivity contribution in [2.24, 2.45) is 0 Å². The van der Waals surface area contributed by atoms with E-state index >= 15 is 0 Å². The maximum atomic E-state index is 14.0. The Hall–Kier alpha value is -2.23. The van der Waals surface area contributed by atoms with E-state index in [4.69, 9.17) is 4.74 Å². The van der Waals surface area contributed by atoms with E-state index in [1.807, 2.05) is 30.3 Å². The van der Waals surface area contributed by atoms with E-state index in [0.29, 0.717) is 13.0 Å². The minimum absolute atomic E-state index is 0.0653. The Bertz CT molecular complexity index is 639. The lowest BCUT2D eigenvalue weighted by Gasteiger charge is -2.15. The number of benzene rings is 2. The second-order valence-corrected chi connectivity index (χ2v) is 5.52. The molecule has 0 aliphatic carbocycles. The van der Waals surface area contributed by atoms with E-state index in [2.05, 4.69) is 0 Å². The molecule has 0 unspecified atom stereocenters. The van der Waals surface area contributed by atoms with Crippen LogP contribution in [0.25, 0.3) is 0 Å². The van der Waals surface area contributed by atoms with Crippen LogP contribution in [0.5, 0.6) is 5.75 Å². The van der Waals surface area contributed by atoms with Gasteiger partial charge in [-0.2, -0.15) is 8.78 Å². The second-order valence-electron chi connectivity index (χ2n) is 5.52. The summed E-state index contributed by atoms with van der Waals surface area (Å²) in [4.78, 5) is 11.9. The Labute approximate surface area is 135 Å². The van der Waals surface area contributed by atoms with Gasteiger partial charge in [0.2, 0.25) is 5.78 Å². The molecule has 0 aromatic heterocycles. The molecule has 2 nitrogen and oxygen atoms in total. The standard InChI is InChI=1S/C19H20F2O2/c1-15-8-7-9-16(14-15)18(22)19(20,21)12-5-6-13-23-17-10-3-2-4-11-17/h2-4,7-11,14H,5-6,12-13H2,1H3. The molecular formula is C19H20F2O2. The van der Waals surface area contributed by atoms with Crippen molar-refractivity contribution in [3.8, 4) is 5.75 Å². The molecule has 0 atom stereocenters. The zero-order valence-corrected chi connectivity index (χ0v) is 13.1. The highest BCUT2D eigenvalue weighted by Gasteiger charge is 2.38. The van der Waals surface area contributed by atoms with Gasteiger partial charge in [-0.15, -0.1) is 0 Å². The van der Waals surface area contributed by atoms with Crippen molar-refractivity contribution in [1.29, 1.82) is 0 Å². The number of carbonyl (C=O) groups is 1. The van der Waals surface area contributed by atoms with Crippen LogP contribution in [0, 0.1) is 6.92 Å². The molecule has 2 rings (SSSR count). The molecule has 0 bridgehead atoms. The number of para-hydroxylation sites is 1. The molecule has 0 heterocycles. The molecule has 23 heavy (non-hydrogen) atoms. The summed E-state index contributed by atoms with van der Waals surface area (Å²) in [6.07, 6.45) is 0.251. The summed E-state index contributed by atoms with van der Waals surface area (Å²) in [5, 5.41) is 0. The maximum Gasteiger partial charge on any atom is 0.309 e. The molecule has 0 saturated heterocycles. The van der Waals surface area contributed by atoms with Gasteiger partial charge in [0.25, 0.3) is 0 Å². The van der Waals surface area contributed by atoms with Gasteiger partial charge in [-0.25, -0.2) is 0 Å². The molecule has 0 radical (unpaired) electrons. The van der Waals surface area contributed by atoms with Crippen molar-refractivity contribution in [1.82, 2.24) is 0 Å². The maximum absolute atomic E-state index is 14.0. The fraction of sp³-hybridized carbons (Fsp3) is 0.316. The van der Waals surface area contributed by atoms with Crippen molar-refractivity contribution in [3.05, 3.63) is 65.7 Å². The van der Waals surface area contributed by atoms with Gasteiger partial charge >= 0.3 is 5.92 Å². The van der Waals surface area contributed by atoms with E-state index < -0.39 is 18.1 Å². The average Bonchev–Trinajstić information content (AvgIpc) is 2.54. The van der Waals surface area contributed by atoms with Crippen LogP contribution in [0.15, 0.2) is 54.6 Å². The van der Waals surface area contributed by atoms with Crippen LogP contribution in [0.4, 0.5) is 8.78 Å². The first-order chi connectivity index (χ1) is 11.0. The quantitative estimate of drug-likeness (QED) is 0.502. The topological polar surface area (TPSA) is 26.3 Å². The highest BCUT2D eigenvalue weighted by atomic mass is 19.3. The van der Waals surface area contributed by atoms with Crippen LogP contribution >= 0.6 is 0 Å². The normalized spacial score (nSPS) is 11.3. The van der Waals surface area contributed by atoms with Crippen molar-refractivity contribution in [3.63, 3.8) is 0 Å². The fourth-order valence-electron chi connectivity index (χ4n) is 2.27. The smallest absolute Gasteiger partial charge is 0.309 e. The minimum Gasteiger partial charge on any atom is -0.494 e. The largest absolute Gasteiger partial charge is 0.494 e. The number of Topliss-reactive ketones (excluding diaryl/α,β-unsaturated/α-hetero) is 1. The van der Waals surface area contributed by atoms with Crippen LogP contribution < -0.4 is 4.74 Å². The van der Waals surface area contributed by atoms with Gasteiger partial charge in [0, 0.05) is 12.0 Å². The third-order valence-corrected chi connectivity index (χ3v) is 3.51. The van der Waals surface area contributed by atoms with Gasteiger partial charge < -0.3 is 4.74 Å². The summed E-state index contributed by atoms with van der Waals surface area (Å²) in [5.74, 6) is -3.72. The number of hydrogen-bond donors (Lipinski definition) is 0. The Morgan fingerprint density at radius 3 is 2.48 bits per heavy atom. The number of unbranched alkanes of at least 4 members (excludes halogenated alkanes) is 1. The van der Waals surface area contributed by atoms with Gasteiger partial charge in [-0.1, -0.05) is 42.0 Å².